The standard InChI is InChI=1S/C5H15O2Si2/c1-8(2,3)7-9(4,5)6/h1-5H3/q-1. The fourth-order valence-electron chi connectivity index (χ4n) is 0.737. The molecule has 0 aliphatic heterocycles. The van der Waals surface area contributed by atoms with Crippen molar-refractivity contribution in [1.82, 2.24) is 0 Å². The Bertz CT molecular complexity index is 78.1. The smallest absolute Gasteiger partial charge is 0.169 e. The summed E-state index contributed by atoms with van der Waals surface area (Å²) in [6.45, 7) is 9.50. The Balaban J connectivity index is 3.75. The second-order valence-corrected chi connectivity index (χ2v) is 11.5. The van der Waals surface area contributed by atoms with Gasteiger partial charge < -0.3 is 8.91 Å². The molecule has 0 aromatic heterocycles. The van der Waals surface area contributed by atoms with Gasteiger partial charge in [0.05, 0.1) is 8.56 Å². The van der Waals surface area contributed by atoms with E-state index in [0.717, 1.165) is 0 Å². The van der Waals surface area contributed by atoms with Crippen molar-refractivity contribution in [2.75, 3.05) is 0 Å². The molecule has 0 saturated carbocycles. The molecular formula is C5H15O2Si2-. The molecule has 56 valence electrons. The first-order valence-corrected chi connectivity index (χ1v) is 9.34. The zero-order chi connectivity index (χ0) is 7.71. The second-order valence-electron chi connectivity index (χ2n) is 3.61. The summed E-state index contributed by atoms with van der Waals surface area (Å²) in [5.41, 5.74) is 0. The van der Waals surface area contributed by atoms with Crippen LogP contribution in [0.5, 0.6) is 0 Å². The van der Waals surface area contributed by atoms with E-state index >= 15 is 0 Å². The third-order valence-corrected chi connectivity index (χ3v) is 4.97. The van der Waals surface area contributed by atoms with E-state index in [0.29, 0.717) is 0 Å². The fraction of sp³-hybridized carbons (Fsp3) is 1.00. The molecule has 0 aliphatic carbocycles. The van der Waals surface area contributed by atoms with E-state index in [1.807, 2.05) is 19.6 Å². The zero-order valence-corrected chi connectivity index (χ0v) is 8.82. The van der Waals surface area contributed by atoms with Gasteiger partial charge in [-0.15, -0.1) is 0 Å². The molecule has 0 radical (unpaired) electrons. The van der Waals surface area contributed by atoms with E-state index in [-0.39, 0.29) is 0 Å². The van der Waals surface area contributed by atoms with E-state index in [4.69, 9.17) is 4.12 Å². The van der Waals surface area contributed by atoms with Gasteiger partial charge in [0.15, 0.2) is 8.32 Å². The van der Waals surface area contributed by atoms with Crippen LogP contribution < -0.4 is 4.80 Å². The summed E-state index contributed by atoms with van der Waals surface area (Å²) in [5.74, 6) is 0. The summed E-state index contributed by atoms with van der Waals surface area (Å²) in [6.07, 6.45) is 0. The first kappa shape index (κ1) is 9.35. The van der Waals surface area contributed by atoms with Gasteiger partial charge in [0.25, 0.3) is 0 Å². The SMILES string of the molecule is C[Si](C)(C)O[Si](C)(C)[O-]. The minimum absolute atomic E-state index is 1.54. The van der Waals surface area contributed by atoms with E-state index in [2.05, 4.69) is 0 Å². The summed E-state index contributed by atoms with van der Waals surface area (Å²) >= 11 is 0. The Hall–Kier alpha value is 0.354. The summed E-state index contributed by atoms with van der Waals surface area (Å²) in [5, 5.41) is 0. The molecule has 0 fully saturated rings. The third kappa shape index (κ3) is 8.35. The van der Waals surface area contributed by atoms with Crippen molar-refractivity contribution in [3.8, 4) is 0 Å². The van der Waals surface area contributed by atoms with Crippen molar-refractivity contribution in [3.63, 3.8) is 0 Å². The molecule has 0 saturated heterocycles. The lowest BCUT2D eigenvalue weighted by Crippen LogP contribution is -2.52. The van der Waals surface area contributed by atoms with Crippen molar-refractivity contribution in [2.24, 2.45) is 0 Å². The third-order valence-electron chi connectivity index (χ3n) is 0.552. The lowest BCUT2D eigenvalue weighted by molar-refractivity contribution is -0.227. The minimum Gasteiger partial charge on any atom is -0.839 e. The number of hydrogen-bond donors (Lipinski definition) is 0. The molecule has 0 rings (SSSR count). The Labute approximate surface area is 59.2 Å². The topological polar surface area (TPSA) is 32.3 Å². The molecule has 0 aromatic carbocycles. The Morgan fingerprint density at radius 3 is 1.33 bits per heavy atom. The van der Waals surface area contributed by atoms with Crippen molar-refractivity contribution in [1.29, 1.82) is 0 Å². The Morgan fingerprint density at radius 1 is 1.00 bits per heavy atom. The lowest BCUT2D eigenvalue weighted by Gasteiger charge is -2.36. The molecule has 2 nitrogen and oxygen atoms in total. The maximum absolute atomic E-state index is 11.1. The van der Waals surface area contributed by atoms with Crippen LogP contribution >= 0.6 is 0 Å². The molecule has 0 atom stereocenters. The number of hydrogen-bond acceptors (Lipinski definition) is 2. The average molecular weight is 163 g/mol. The fourth-order valence-corrected chi connectivity index (χ4v) is 6.64. The first-order valence-electron chi connectivity index (χ1n) is 3.11. The van der Waals surface area contributed by atoms with Gasteiger partial charge in [-0.2, -0.15) is 0 Å². The summed E-state index contributed by atoms with van der Waals surface area (Å²) < 4.78 is 5.35. The summed E-state index contributed by atoms with van der Waals surface area (Å²) in [4.78, 5) is 11.1. The van der Waals surface area contributed by atoms with Crippen LogP contribution in [0.4, 0.5) is 0 Å². The highest BCUT2D eigenvalue weighted by Gasteiger charge is 2.18. The molecule has 0 aliphatic rings. The molecule has 9 heavy (non-hydrogen) atoms. The van der Waals surface area contributed by atoms with Crippen molar-refractivity contribution >= 4 is 16.9 Å². The Morgan fingerprint density at radius 2 is 1.33 bits per heavy atom. The van der Waals surface area contributed by atoms with E-state index in [9.17, 15) is 4.80 Å². The Kier molecular flexibility index (Phi) is 2.63. The van der Waals surface area contributed by atoms with Gasteiger partial charge in [0.1, 0.15) is 0 Å². The molecule has 4 heteroatoms. The van der Waals surface area contributed by atoms with Gasteiger partial charge in [0, 0.05) is 0 Å². The van der Waals surface area contributed by atoms with Crippen LogP contribution in [0.15, 0.2) is 0 Å². The van der Waals surface area contributed by atoms with Crippen LogP contribution in [0.25, 0.3) is 0 Å². The average Bonchev–Trinajstić information content (AvgIpc) is 1.14. The minimum atomic E-state index is -2.48. The number of rotatable bonds is 2. The van der Waals surface area contributed by atoms with E-state index in [1.165, 1.54) is 0 Å². The summed E-state index contributed by atoms with van der Waals surface area (Å²) in [7, 11) is -4.02. The largest absolute Gasteiger partial charge is 0.839 e. The summed E-state index contributed by atoms with van der Waals surface area (Å²) in [6, 6.07) is 0. The van der Waals surface area contributed by atoms with Crippen LogP contribution in [-0.4, -0.2) is 16.9 Å². The van der Waals surface area contributed by atoms with Gasteiger partial charge in [-0.05, 0) is 19.6 Å². The molecular weight excluding hydrogens is 148 g/mol. The van der Waals surface area contributed by atoms with Crippen molar-refractivity contribution < 1.29 is 8.91 Å². The van der Waals surface area contributed by atoms with Gasteiger partial charge in [0.2, 0.25) is 0 Å². The van der Waals surface area contributed by atoms with E-state index in [1.54, 1.807) is 13.1 Å². The van der Waals surface area contributed by atoms with Gasteiger partial charge in [-0.25, -0.2) is 0 Å². The van der Waals surface area contributed by atoms with Crippen LogP contribution in [0, 0.1) is 0 Å². The van der Waals surface area contributed by atoms with Crippen molar-refractivity contribution in [2.45, 2.75) is 32.7 Å². The highest BCUT2D eigenvalue weighted by molar-refractivity contribution is 6.80. The van der Waals surface area contributed by atoms with Crippen LogP contribution in [-0.2, 0) is 4.12 Å². The normalized spacial score (nSPS) is 14.0. The van der Waals surface area contributed by atoms with Crippen LogP contribution in [0.2, 0.25) is 32.7 Å². The van der Waals surface area contributed by atoms with Crippen molar-refractivity contribution in [3.05, 3.63) is 0 Å². The molecule has 0 spiro atoms. The first-order chi connectivity index (χ1) is 3.71. The molecule has 0 N–H and O–H groups in total. The maximum Gasteiger partial charge on any atom is 0.169 e. The molecule has 0 amide bonds. The van der Waals surface area contributed by atoms with Gasteiger partial charge in [-0.1, -0.05) is 13.1 Å². The molecule has 0 bridgehead atoms. The molecule has 0 heterocycles. The quantitative estimate of drug-likeness (QED) is 0.567. The molecule has 0 aromatic rings. The zero-order valence-electron chi connectivity index (χ0n) is 6.82. The maximum atomic E-state index is 11.1. The lowest BCUT2D eigenvalue weighted by atomic mass is 11.8. The monoisotopic (exact) mass is 163 g/mol. The predicted octanol–water partition coefficient (Wildman–Crippen LogP) is 0.900. The molecule has 0 unspecified atom stereocenters. The predicted molar refractivity (Wildman–Crippen MR) is 41.9 cm³/mol. The van der Waals surface area contributed by atoms with Crippen LogP contribution in [0.3, 0.4) is 0 Å². The van der Waals surface area contributed by atoms with Gasteiger partial charge in [-0.3, -0.25) is 0 Å². The second kappa shape index (κ2) is 2.53. The highest BCUT2D eigenvalue weighted by atomic mass is 28.4. The highest BCUT2D eigenvalue weighted by Crippen LogP contribution is 2.07. The van der Waals surface area contributed by atoms with E-state index < -0.39 is 16.9 Å². The van der Waals surface area contributed by atoms with Crippen LogP contribution in [0.1, 0.15) is 0 Å². The van der Waals surface area contributed by atoms with Gasteiger partial charge >= 0.3 is 0 Å².